The second-order valence-corrected chi connectivity index (χ2v) is 4.99. The molecule has 0 fully saturated rings. The number of nitrogens with one attached hydrogen (secondary N) is 1. The third-order valence-corrected chi connectivity index (χ3v) is 3.40. The zero-order valence-electron chi connectivity index (χ0n) is 11.9. The van der Waals surface area contributed by atoms with E-state index in [-0.39, 0.29) is 17.9 Å². The van der Waals surface area contributed by atoms with Crippen molar-refractivity contribution in [3.63, 3.8) is 0 Å². The van der Waals surface area contributed by atoms with Gasteiger partial charge in [0.1, 0.15) is 12.4 Å². The Hall–Kier alpha value is -2.76. The summed E-state index contributed by atoms with van der Waals surface area (Å²) in [5, 5.41) is 2.31. The summed E-state index contributed by atoms with van der Waals surface area (Å²) >= 11 is 0. The number of hydrogen-bond donors (Lipinski definition) is 1. The van der Waals surface area contributed by atoms with Gasteiger partial charge in [-0.3, -0.25) is 4.79 Å². The molecule has 0 spiro atoms. The summed E-state index contributed by atoms with van der Waals surface area (Å²) in [6.07, 6.45) is -2.92. The summed E-state index contributed by atoms with van der Waals surface area (Å²) in [4.78, 5) is 12.2. The van der Waals surface area contributed by atoms with Gasteiger partial charge in [-0.15, -0.1) is 0 Å². The highest BCUT2D eigenvalue weighted by Gasteiger charge is 2.33. The zero-order valence-corrected chi connectivity index (χ0v) is 11.9. The Labute approximate surface area is 130 Å². The molecule has 23 heavy (non-hydrogen) atoms. The van der Waals surface area contributed by atoms with Gasteiger partial charge in [-0.05, 0) is 24.3 Å². The van der Waals surface area contributed by atoms with Gasteiger partial charge in [0.05, 0.1) is 16.8 Å². The summed E-state index contributed by atoms with van der Waals surface area (Å²) in [5.74, 6) is 0.0240. The minimum Gasteiger partial charge on any atom is -0.488 e. The number of anilines is 1. The Morgan fingerprint density at radius 3 is 2.52 bits per heavy atom. The summed E-state index contributed by atoms with van der Waals surface area (Å²) in [5.41, 5.74) is -0.176. The lowest BCUT2D eigenvalue weighted by atomic mass is 10.1. The van der Waals surface area contributed by atoms with E-state index in [0.29, 0.717) is 11.3 Å². The maximum absolute atomic E-state index is 12.9. The van der Waals surface area contributed by atoms with Crippen LogP contribution in [0.4, 0.5) is 18.9 Å². The number of amides is 1. The molecule has 1 aliphatic rings. The first kappa shape index (κ1) is 15.1. The number of rotatable bonds is 2. The number of alkyl halides is 3. The van der Waals surface area contributed by atoms with Crippen LogP contribution in [-0.2, 0) is 11.0 Å². The van der Waals surface area contributed by atoms with Gasteiger partial charge in [-0.25, -0.2) is 0 Å². The van der Waals surface area contributed by atoms with Gasteiger partial charge in [0.25, 0.3) is 5.91 Å². The highest BCUT2D eigenvalue weighted by atomic mass is 19.4. The Morgan fingerprint density at radius 1 is 1.04 bits per heavy atom. The van der Waals surface area contributed by atoms with Crippen LogP contribution in [0, 0.1) is 0 Å². The van der Waals surface area contributed by atoms with Crippen LogP contribution in [0.3, 0.4) is 0 Å². The molecule has 3 nitrogen and oxygen atoms in total. The van der Waals surface area contributed by atoms with E-state index in [1.165, 1.54) is 18.2 Å². The number of fused-ring (bicyclic) bond motifs is 1. The van der Waals surface area contributed by atoms with Crippen LogP contribution >= 0.6 is 0 Å². The van der Waals surface area contributed by atoms with Crippen LogP contribution in [-0.4, -0.2) is 12.5 Å². The van der Waals surface area contributed by atoms with Gasteiger partial charge in [-0.2, -0.15) is 13.2 Å². The average Bonchev–Trinajstić information content (AvgIpc) is 2.54. The molecule has 1 aliphatic heterocycles. The summed E-state index contributed by atoms with van der Waals surface area (Å²) in [6, 6.07) is 12.0. The molecule has 0 radical (unpaired) electrons. The van der Waals surface area contributed by atoms with Crippen LogP contribution in [0.25, 0.3) is 6.08 Å². The van der Waals surface area contributed by atoms with E-state index in [1.54, 1.807) is 30.3 Å². The Balaban J connectivity index is 1.86. The van der Waals surface area contributed by atoms with Crippen molar-refractivity contribution in [2.24, 2.45) is 0 Å². The Morgan fingerprint density at radius 2 is 1.74 bits per heavy atom. The molecule has 0 saturated heterocycles. The normalized spacial score (nSPS) is 13.6. The molecular weight excluding hydrogens is 307 g/mol. The fourth-order valence-corrected chi connectivity index (χ4v) is 2.29. The molecule has 118 valence electrons. The number of para-hydroxylation sites is 2. The van der Waals surface area contributed by atoms with Crippen molar-refractivity contribution in [2.45, 2.75) is 6.18 Å². The lowest BCUT2D eigenvalue weighted by Crippen LogP contribution is -2.22. The standard InChI is InChI=1S/C17H12F3NO2/c18-17(19,20)13-6-2-3-7-14(13)21-16(22)12-9-11-5-1-4-8-15(11)23-10-12/h1-9H,10H2,(H,21,22). The maximum atomic E-state index is 12.9. The predicted octanol–water partition coefficient (Wildman–Crippen LogP) is 4.12. The van der Waals surface area contributed by atoms with Crippen molar-refractivity contribution in [2.75, 3.05) is 11.9 Å². The largest absolute Gasteiger partial charge is 0.488 e. The zero-order chi connectivity index (χ0) is 16.4. The monoisotopic (exact) mass is 319 g/mol. The number of halogens is 3. The van der Waals surface area contributed by atoms with Crippen molar-refractivity contribution in [1.29, 1.82) is 0 Å². The van der Waals surface area contributed by atoms with E-state index >= 15 is 0 Å². The first-order valence-corrected chi connectivity index (χ1v) is 6.85. The Bertz CT molecular complexity index is 781. The summed E-state index contributed by atoms with van der Waals surface area (Å²) < 4.78 is 44.3. The number of carbonyl (C=O) groups is 1. The molecule has 0 aliphatic carbocycles. The van der Waals surface area contributed by atoms with Crippen molar-refractivity contribution >= 4 is 17.7 Å². The second-order valence-electron chi connectivity index (χ2n) is 4.99. The molecule has 0 unspecified atom stereocenters. The average molecular weight is 319 g/mol. The molecule has 2 aromatic rings. The van der Waals surface area contributed by atoms with Gasteiger partial charge < -0.3 is 10.1 Å². The van der Waals surface area contributed by atoms with Crippen LogP contribution in [0.1, 0.15) is 11.1 Å². The third kappa shape index (κ3) is 3.21. The topological polar surface area (TPSA) is 38.3 Å². The lowest BCUT2D eigenvalue weighted by molar-refractivity contribution is -0.137. The van der Waals surface area contributed by atoms with E-state index in [1.807, 2.05) is 0 Å². The SMILES string of the molecule is O=C(Nc1ccccc1C(F)(F)F)C1=Cc2ccccc2OC1. The van der Waals surface area contributed by atoms with Gasteiger partial charge in [0.2, 0.25) is 0 Å². The molecule has 0 saturated carbocycles. The van der Waals surface area contributed by atoms with Crippen LogP contribution in [0.5, 0.6) is 5.75 Å². The molecule has 0 aromatic heterocycles. The molecule has 1 heterocycles. The van der Waals surface area contributed by atoms with Gasteiger partial charge >= 0.3 is 6.18 Å². The first-order chi connectivity index (χ1) is 10.9. The molecule has 0 bridgehead atoms. The van der Waals surface area contributed by atoms with Gasteiger partial charge in [0.15, 0.2) is 0 Å². The minimum absolute atomic E-state index is 0.0109. The van der Waals surface area contributed by atoms with Gasteiger partial charge in [-0.1, -0.05) is 30.3 Å². The molecular formula is C17H12F3NO2. The number of hydrogen-bond acceptors (Lipinski definition) is 2. The highest BCUT2D eigenvalue weighted by Crippen LogP contribution is 2.35. The molecule has 2 aromatic carbocycles. The Kier molecular flexibility index (Phi) is 3.82. The quantitative estimate of drug-likeness (QED) is 0.904. The second kappa shape index (κ2) is 5.79. The van der Waals surface area contributed by atoms with E-state index in [2.05, 4.69) is 5.32 Å². The number of carbonyl (C=O) groups excluding carboxylic acids is 1. The predicted molar refractivity (Wildman–Crippen MR) is 80.0 cm³/mol. The van der Waals surface area contributed by atoms with E-state index < -0.39 is 17.6 Å². The van der Waals surface area contributed by atoms with E-state index in [0.717, 1.165) is 6.07 Å². The number of benzene rings is 2. The maximum Gasteiger partial charge on any atom is 0.418 e. The molecule has 6 heteroatoms. The van der Waals surface area contributed by atoms with Crippen LogP contribution in [0.15, 0.2) is 54.1 Å². The van der Waals surface area contributed by atoms with Crippen molar-refractivity contribution in [3.8, 4) is 5.75 Å². The number of ether oxygens (including phenoxy) is 1. The lowest BCUT2D eigenvalue weighted by Gasteiger charge is -2.18. The molecule has 1 N–H and O–H groups in total. The first-order valence-electron chi connectivity index (χ1n) is 6.85. The van der Waals surface area contributed by atoms with E-state index in [9.17, 15) is 18.0 Å². The van der Waals surface area contributed by atoms with Crippen molar-refractivity contribution in [3.05, 3.63) is 65.2 Å². The minimum atomic E-state index is -4.53. The summed E-state index contributed by atoms with van der Waals surface area (Å²) in [6.45, 7) is 0.0109. The smallest absolute Gasteiger partial charge is 0.418 e. The fraction of sp³-hybridized carbons (Fsp3) is 0.118. The molecule has 3 rings (SSSR count). The van der Waals surface area contributed by atoms with Crippen molar-refractivity contribution < 1.29 is 22.7 Å². The van der Waals surface area contributed by atoms with Crippen LogP contribution < -0.4 is 10.1 Å². The van der Waals surface area contributed by atoms with Crippen molar-refractivity contribution in [1.82, 2.24) is 0 Å². The third-order valence-electron chi connectivity index (χ3n) is 3.40. The van der Waals surface area contributed by atoms with E-state index in [4.69, 9.17) is 4.74 Å². The highest BCUT2D eigenvalue weighted by molar-refractivity contribution is 6.07. The van der Waals surface area contributed by atoms with Gasteiger partial charge in [0, 0.05) is 5.56 Å². The summed E-state index contributed by atoms with van der Waals surface area (Å²) in [7, 11) is 0. The van der Waals surface area contributed by atoms with Crippen LogP contribution in [0.2, 0.25) is 0 Å². The molecule has 1 amide bonds. The fourth-order valence-electron chi connectivity index (χ4n) is 2.29. The molecule has 0 atom stereocenters.